The van der Waals surface area contributed by atoms with E-state index in [-0.39, 0.29) is 0 Å². The van der Waals surface area contributed by atoms with Gasteiger partial charge in [-0.25, -0.2) is 0 Å². The molecule has 1 unspecified atom stereocenters. The summed E-state index contributed by atoms with van der Waals surface area (Å²) in [5.41, 5.74) is 1.20. The first-order valence-electron chi connectivity index (χ1n) is 6.26. The average molecular weight is 236 g/mol. The molecular weight excluding hydrogens is 212 g/mol. The van der Waals surface area contributed by atoms with Crippen LogP contribution in [0.5, 0.6) is 5.75 Å². The van der Waals surface area contributed by atoms with Crippen LogP contribution >= 0.6 is 0 Å². The average Bonchev–Trinajstić information content (AvgIpc) is 2.36. The standard InChI is InChI=1S/C14H24N2O/c1-5-15-12(2)9-10-16(3)13-7-6-8-14(11-13)17-4/h6-8,11-12,15H,5,9-10H2,1-4H3. The van der Waals surface area contributed by atoms with E-state index < -0.39 is 0 Å². The van der Waals surface area contributed by atoms with Crippen molar-refractivity contribution < 1.29 is 4.74 Å². The quantitative estimate of drug-likeness (QED) is 0.787. The van der Waals surface area contributed by atoms with Gasteiger partial charge >= 0.3 is 0 Å². The van der Waals surface area contributed by atoms with Crippen LogP contribution in [0.3, 0.4) is 0 Å². The third kappa shape index (κ3) is 4.65. The summed E-state index contributed by atoms with van der Waals surface area (Å²) in [6.07, 6.45) is 1.14. The molecule has 0 fully saturated rings. The summed E-state index contributed by atoms with van der Waals surface area (Å²) < 4.78 is 5.23. The normalized spacial score (nSPS) is 12.2. The Morgan fingerprint density at radius 1 is 1.41 bits per heavy atom. The number of hydrogen-bond donors (Lipinski definition) is 1. The molecule has 0 bridgehead atoms. The summed E-state index contributed by atoms with van der Waals surface area (Å²) in [4.78, 5) is 2.26. The molecule has 0 heterocycles. The summed E-state index contributed by atoms with van der Waals surface area (Å²) in [7, 11) is 3.82. The third-order valence-corrected chi connectivity index (χ3v) is 2.94. The molecule has 0 aliphatic heterocycles. The molecule has 17 heavy (non-hydrogen) atoms. The van der Waals surface area contributed by atoms with Gasteiger partial charge in [0.05, 0.1) is 7.11 Å². The molecule has 1 N–H and O–H groups in total. The van der Waals surface area contributed by atoms with Crippen molar-refractivity contribution in [2.75, 3.05) is 32.1 Å². The van der Waals surface area contributed by atoms with Crippen molar-refractivity contribution in [3.05, 3.63) is 24.3 Å². The zero-order valence-corrected chi connectivity index (χ0v) is 11.4. The molecule has 1 aromatic carbocycles. The van der Waals surface area contributed by atoms with Gasteiger partial charge in [-0.3, -0.25) is 0 Å². The maximum absolute atomic E-state index is 5.23. The van der Waals surface area contributed by atoms with Crippen LogP contribution < -0.4 is 15.0 Å². The van der Waals surface area contributed by atoms with Crippen LogP contribution in [-0.2, 0) is 0 Å². The number of nitrogens with zero attached hydrogens (tertiary/aromatic N) is 1. The molecule has 96 valence electrons. The topological polar surface area (TPSA) is 24.5 Å². The van der Waals surface area contributed by atoms with Gasteiger partial charge in [-0.05, 0) is 32.0 Å². The molecule has 0 radical (unpaired) electrons. The maximum atomic E-state index is 5.23. The minimum Gasteiger partial charge on any atom is -0.497 e. The van der Waals surface area contributed by atoms with Crippen molar-refractivity contribution in [1.29, 1.82) is 0 Å². The van der Waals surface area contributed by atoms with Gasteiger partial charge in [-0.15, -0.1) is 0 Å². The molecule has 3 nitrogen and oxygen atoms in total. The summed E-state index contributed by atoms with van der Waals surface area (Å²) in [5, 5.41) is 3.42. The van der Waals surface area contributed by atoms with Gasteiger partial charge in [-0.1, -0.05) is 13.0 Å². The Kier molecular flexibility index (Phi) is 5.84. The lowest BCUT2D eigenvalue weighted by Crippen LogP contribution is -2.30. The minimum atomic E-state index is 0.563. The molecule has 1 rings (SSSR count). The first-order valence-corrected chi connectivity index (χ1v) is 6.26. The van der Waals surface area contributed by atoms with E-state index >= 15 is 0 Å². The molecule has 0 aliphatic rings. The van der Waals surface area contributed by atoms with E-state index in [9.17, 15) is 0 Å². The Morgan fingerprint density at radius 3 is 2.82 bits per heavy atom. The number of hydrogen-bond acceptors (Lipinski definition) is 3. The Hall–Kier alpha value is -1.22. The molecule has 0 saturated heterocycles. The number of rotatable bonds is 7. The van der Waals surface area contributed by atoms with Crippen LogP contribution in [0.15, 0.2) is 24.3 Å². The Morgan fingerprint density at radius 2 is 2.18 bits per heavy atom. The predicted molar refractivity (Wildman–Crippen MR) is 74.0 cm³/mol. The van der Waals surface area contributed by atoms with E-state index in [4.69, 9.17) is 4.74 Å². The molecule has 0 amide bonds. The van der Waals surface area contributed by atoms with E-state index in [2.05, 4.69) is 43.2 Å². The SMILES string of the molecule is CCNC(C)CCN(C)c1cccc(OC)c1. The van der Waals surface area contributed by atoms with Crippen LogP contribution in [0.25, 0.3) is 0 Å². The van der Waals surface area contributed by atoms with Crippen LogP contribution in [0, 0.1) is 0 Å². The van der Waals surface area contributed by atoms with Gasteiger partial charge in [0.25, 0.3) is 0 Å². The summed E-state index contributed by atoms with van der Waals surface area (Å²) in [5.74, 6) is 0.911. The predicted octanol–water partition coefficient (Wildman–Crippen LogP) is 2.52. The third-order valence-electron chi connectivity index (χ3n) is 2.94. The fourth-order valence-electron chi connectivity index (χ4n) is 1.81. The number of anilines is 1. The molecule has 0 aromatic heterocycles. The van der Waals surface area contributed by atoms with Crippen molar-refractivity contribution >= 4 is 5.69 Å². The highest BCUT2D eigenvalue weighted by atomic mass is 16.5. The molecular formula is C14H24N2O. The van der Waals surface area contributed by atoms with E-state index in [1.807, 2.05) is 12.1 Å². The first kappa shape index (κ1) is 13.8. The monoisotopic (exact) mass is 236 g/mol. The lowest BCUT2D eigenvalue weighted by molar-refractivity contribution is 0.415. The van der Waals surface area contributed by atoms with Gasteiger partial charge < -0.3 is 15.0 Å². The second kappa shape index (κ2) is 7.17. The number of benzene rings is 1. The van der Waals surface area contributed by atoms with Crippen molar-refractivity contribution in [1.82, 2.24) is 5.32 Å². The highest BCUT2D eigenvalue weighted by Gasteiger charge is 2.05. The summed E-state index contributed by atoms with van der Waals surface area (Å²) in [6, 6.07) is 8.74. The van der Waals surface area contributed by atoms with E-state index in [0.29, 0.717) is 6.04 Å². The Labute approximate surface area is 105 Å². The highest BCUT2D eigenvalue weighted by Crippen LogP contribution is 2.19. The lowest BCUT2D eigenvalue weighted by atomic mass is 10.2. The molecule has 1 aromatic rings. The minimum absolute atomic E-state index is 0.563. The zero-order chi connectivity index (χ0) is 12.7. The smallest absolute Gasteiger partial charge is 0.120 e. The van der Waals surface area contributed by atoms with E-state index in [0.717, 1.165) is 25.3 Å². The lowest BCUT2D eigenvalue weighted by Gasteiger charge is -2.22. The van der Waals surface area contributed by atoms with E-state index in [1.54, 1.807) is 7.11 Å². The molecule has 1 atom stereocenters. The molecule has 3 heteroatoms. The summed E-state index contributed by atoms with van der Waals surface area (Å²) >= 11 is 0. The second-order valence-corrected chi connectivity index (χ2v) is 4.37. The van der Waals surface area contributed by atoms with Gasteiger partial charge in [0.15, 0.2) is 0 Å². The van der Waals surface area contributed by atoms with Crippen LogP contribution in [0.1, 0.15) is 20.3 Å². The summed E-state index contributed by atoms with van der Waals surface area (Å²) in [6.45, 7) is 6.44. The van der Waals surface area contributed by atoms with Crippen LogP contribution in [0.2, 0.25) is 0 Å². The van der Waals surface area contributed by atoms with Gasteiger partial charge in [-0.2, -0.15) is 0 Å². The van der Waals surface area contributed by atoms with Crippen molar-refractivity contribution in [3.8, 4) is 5.75 Å². The Bertz CT molecular complexity index is 328. The van der Waals surface area contributed by atoms with Crippen LogP contribution in [0.4, 0.5) is 5.69 Å². The fraction of sp³-hybridized carbons (Fsp3) is 0.571. The Balaban J connectivity index is 2.48. The molecule has 0 aliphatic carbocycles. The van der Waals surface area contributed by atoms with Crippen LogP contribution in [-0.4, -0.2) is 33.3 Å². The highest BCUT2D eigenvalue weighted by molar-refractivity contribution is 5.49. The van der Waals surface area contributed by atoms with Gasteiger partial charge in [0.2, 0.25) is 0 Å². The fourth-order valence-corrected chi connectivity index (χ4v) is 1.81. The van der Waals surface area contributed by atoms with Gasteiger partial charge in [0.1, 0.15) is 5.75 Å². The number of nitrogens with one attached hydrogen (secondary N) is 1. The molecule has 0 spiro atoms. The van der Waals surface area contributed by atoms with Crippen molar-refractivity contribution in [3.63, 3.8) is 0 Å². The van der Waals surface area contributed by atoms with Crippen molar-refractivity contribution in [2.45, 2.75) is 26.3 Å². The zero-order valence-electron chi connectivity index (χ0n) is 11.4. The molecule has 0 saturated carbocycles. The first-order chi connectivity index (χ1) is 8.17. The van der Waals surface area contributed by atoms with Gasteiger partial charge in [0, 0.05) is 31.4 Å². The second-order valence-electron chi connectivity index (χ2n) is 4.37. The number of methoxy groups -OCH3 is 1. The maximum Gasteiger partial charge on any atom is 0.120 e. The number of ether oxygens (including phenoxy) is 1. The van der Waals surface area contributed by atoms with Crippen molar-refractivity contribution in [2.24, 2.45) is 0 Å². The van der Waals surface area contributed by atoms with E-state index in [1.165, 1.54) is 5.69 Å². The largest absolute Gasteiger partial charge is 0.497 e.